The van der Waals surface area contributed by atoms with Gasteiger partial charge in [-0.25, -0.2) is 10.2 Å². The summed E-state index contributed by atoms with van der Waals surface area (Å²) in [5.74, 6) is -0.209. The number of fused-ring (bicyclic) bond motifs is 1. The molecular formula is C32H26ClN3O4. The van der Waals surface area contributed by atoms with Gasteiger partial charge in [-0.05, 0) is 73.5 Å². The van der Waals surface area contributed by atoms with Gasteiger partial charge in [-0.2, -0.15) is 5.10 Å². The fourth-order valence-corrected chi connectivity index (χ4v) is 4.52. The lowest BCUT2D eigenvalue weighted by molar-refractivity contribution is 0.0728. The van der Waals surface area contributed by atoms with Gasteiger partial charge < -0.3 is 14.5 Å². The molecule has 0 bridgehead atoms. The van der Waals surface area contributed by atoms with Crippen molar-refractivity contribution in [2.45, 2.75) is 13.8 Å². The van der Waals surface area contributed by atoms with Crippen LogP contribution in [0, 0.1) is 6.92 Å². The summed E-state index contributed by atoms with van der Waals surface area (Å²) in [5, 5.41) is 5.57. The monoisotopic (exact) mass is 551 g/mol. The molecule has 1 heterocycles. The number of esters is 1. The Morgan fingerprint density at radius 3 is 2.55 bits per heavy atom. The van der Waals surface area contributed by atoms with E-state index in [4.69, 9.17) is 21.1 Å². The summed E-state index contributed by atoms with van der Waals surface area (Å²) in [6, 6.07) is 27.3. The Morgan fingerprint density at radius 2 is 1.77 bits per heavy atom. The van der Waals surface area contributed by atoms with Crippen molar-refractivity contribution in [3.05, 3.63) is 118 Å². The number of rotatable bonds is 8. The van der Waals surface area contributed by atoms with Crippen LogP contribution < -0.4 is 14.9 Å². The number of ether oxygens (including phenoxy) is 2. The first kappa shape index (κ1) is 26.7. The van der Waals surface area contributed by atoms with Crippen LogP contribution in [0.25, 0.3) is 22.0 Å². The van der Waals surface area contributed by atoms with E-state index >= 15 is 0 Å². The highest BCUT2D eigenvalue weighted by Crippen LogP contribution is 2.34. The van der Waals surface area contributed by atoms with E-state index < -0.39 is 11.9 Å². The Hall–Kier alpha value is -4.88. The molecule has 7 nitrogen and oxygen atoms in total. The third kappa shape index (κ3) is 5.90. The Kier molecular flexibility index (Phi) is 7.94. The summed E-state index contributed by atoms with van der Waals surface area (Å²) in [6.07, 6.45) is 1.49. The van der Waals surface area contributed by atoms with E-state index in [1.54, 1.807) is 42.5 Å². The van der Waals surface area contributed by atoms with Crippen LogP contribution in [0.5, 0.6) is 11.5 Å². The highest BCUT2D eigenvalue weighted by molar-refractivity contribution is 6.31. The van der Waals surface area contributed by atoms with Crippen molar-refractivity contribution in [2.75, 3.05) is 6.61 Å². The number of aryl methyl sites for hydroxylation is 1. The number of carbonyl (C=O) groups is 2. The molecular weight excluding hydrogens is 526 g/mol. The molecule has 4 aromatic carbocycles. The van der Waals surface area contributed by atoms with Crippen molar-refractivity contribution < 1.29 is 19.1 Å². The highest BCUT2D eigenvalue weighted by atomic mass is 35.5. The normalized spacial score (nSPS) is 11.1. The smallest absolute Gasteiger partial charge is 0.343 e. The predicted molar refractivity (Wildman–Crippen MR) is 158 cm³/mol. The average molecular weight is 552 g/mol. The number of aromatic amines is 1. The molecule has 0 aliphatic heterocycles. The molecule has 1 amide bonds. The zero-order valence-corrected chi connectivity index (χ0v) is 22.7. The van der Waals surface area contributed by atoms with Crippen LogP contribution >= 0.6 is 11.6 Å². The van der Waals surface area contributed by atoms with Gasteiger partial charge >= 0.3 is 5.97 Å². The molecule has 0 radical (unpaired) electrons. The SMILES string of the molecule is CCOc1cc(C=NNC(=O)c2[nH]c3ccc(Cl)cc3c2-c2ccccc2)ccc1OC(=O)c1cccc(C)c1. The van der Waals surface area contributed by atoms with Crippen LogP contribution in [0.4, 0.5) is 0 Å². The summed E-state index contributed by atoms with van der Waals surface area (Å²) in [5.41, 5.74) is 7.42. The lowest BCUT2D eigenvalue weighted by Crippen LogP contribution is -2.18. The van der Waals surface area contributed by atoms with Crippen LogP contribution in [-0.2, 0) is 0 Å². The number of nitrogens with one attached hydrogen (secondary N) is 2. The van der Waals surface area contributed by atoms with Crippen molar-refractivity contribution in [1.29, 1.82) is 0 Å². The largest absolute Gasteiger partial charge is 0.490 e. The molecule has 2 N–H and O–H groups in total. The Morgan fingerprint density at radius 1 is 0.950 bits per heavy atom. The molecule has 0 unspecified atom stereocenters. The van der Waals surface area contributed by atoms with Crippen LogP contribution in [0.15, 0.2) is 96.1 Å². The van der Waals surface area contributed by atoms with Crippen molar-refractivity contribution in [2.24, 2.45) is 5.10 Å². The fraction of sp³-hybridized carbons (Fsp3) is 0.0938. The molecule has 5 aromatic rings. The minimum absolute atomic E-state index is 0.291. The highest BCUT2D eigenvalue weighted by Gasteiger charge is 2.19. The molecule has 0 fully saturated rings. The third-order valence-electron chi connectivity index (χ3n) is 6.15. The number of hydrogen-bond donors (Lipinski definition) is 2. The second-order valence-electron chi connectivity index (χ2n) is 9.03. The molecule has 0 spiro atoms. The molecule has 1 aromatic heterocycles. The molecule has 0 saturated carbocycles. The Labute approximate surface area is 236 Å². The molecule has 5 rings (SSSR count). The fourth-order valence-electron chi connectivity index (χ4n) is 4.35. The summed E-state index contributed by atoms with van der Waals surface area (Å²) in [7, 11) is 0. The summed E-state index contributed by atoms with van der Waals surface area (Å²) >= 11 is 6.25. The second kappa shape index (κ2) is 11.9. The van der Waals surface area contributed by atoms with Crippen LogP contribution in [0.3, 0.4) is 0 Å². The number of nitrogens with zero attached hydrogens (tertiary/aromatic N) is 1. The zero-order valence-electron chi connectivity index (χ0n) is 21.9. The molecule has 0 aliphatic carbocycles. The number of H-pyrrole nitrogens is 1. The minimum Gasteiger partial charge on any atom is -0.490 e. The van der Waals surface area contributed by atoms with Crippen LogP contribution in [0.1, 0.15) is 38.9 Å². The van der Waals surface area contributed by atoms with Crippen molar-refractivity contribution in [3.63, 3.8) is 0 Å². The number of amides is 1. The first-order valence-corrected chi connectivity index (χ1v) is 13.1. The third-order valence-corrected chi connectivity index (χ3v) is 6.39. The number of hydrazone groups is 1. The maximum absolute atomic E-state index is 13.2. The predicted octanol–water partition coefficient (Wildman–Crippen LogP) is 7.18. The minimum atomic E-state index is -0.479. The maximum atomic E-state index is 13.2. The van der Waals surface area contributed by atoms with Gasteiger partial charge in [-0.15, -0.1) is 0 Å². The number of aromatic nitrogens is 1. The van der Waals surface area contributed by atoms with Gasteiger partial charge in [-0.3, -0.25) is 4.79 Å². The average Bonchev–Trinajstić information content (AvgIpc) is 3.33. The van der Waals surface area contributed by atoms with Gasteiger partial charge in [0.15, 0.2) is 11.5 Å². The number of benzene rings is 4. The zero-order chi connectivity index (χ0) is 28.1. The standard InChI is InChI=1S/C32H26ClN3O4/c1-3-39-28-17-21(12-15-27(28)40-32(38)23-11-7-8-20(2)16-23)19-34-36-31(37)30-29(22-9-5-4-6-10-22)25-18-24(33)13-14-26(25)35-30/h4-19,35H,3H2,1-2H3,(H,36,37). The molecule has 0 aliphatic rings. The van der Waals surface area contributed by atoms with Crippen LogP contribution in [0.2, 0.25) is 5.02 Å². The van der Waals surface area contributed by atoms with E-state index in [0.717, 1.165) is 27.6 Å². The number of halogens is 1. The van der Waals surface area contributed by atoms with E-state index in [9.17, 15) is 9.59 Å². The van der Waals surface area contributed by atoms with E-state index in [0.29, 0.717) is 39.9 Å². The lowest BCUT2D eigenvalue weighted by Gasteiger charge is -2.11. The summed E-state index contributed by atoms with van der Waals surface area (Å²) < 4.78 is 11.3. The first-order chi connectivity index (χ1) is 19.4. The van der Waals surface area contributed by atoms with Gasteiger partial charge in [0.1, 0.15) is 5.69 Å². The van der Waals surface area contributed by atoms with E-state index in [1.165, 1.54) is 6.21 Å². The summed E-state index contributed by atoms with van der Waals surface area (Å²) in [6.45, 7) is 4.12. The Bertz CT molecular complexity index is 1730. The first-order valence-electron chi connectivity index (χ1n) is 12.7. The van der Waals surface area contributed by atoms with Gasteiger partial charge in [-0.1, -0.05) is 59.6 Å². The quantitative estimate of drug-likeness (QED) is 0.0924. The molecule has 0 saturated heterocycles. The van der Waals surface area contributed by atoms with Gasteiger partial charge in [0.25, 0.3) is 5.91 Å². The van der Waals surface area contributed by atoms with Gasteiger partial charge in [0.2, 0.25) is 0 Å². The molecule has 8 heteroatoms. The molecule has 0 atom stereocenters. The van der Waals surface area contributed by atoms with Gasteiger partial charge in [0.05, 0.1) is 18.4 Å². The van der Waals surface area contributed by atoms with Crippen molar-refractivity contribution in [1.82, 2.24) is 10.4 Å². The topological polar surface area (TPSA) is 92.8 Å². The second-order valence-corrected chi connectivity index (χ2v) is 9.46. The van der Waals surface area contributed by atoms with E-state index in [1.807, 2.05) is 62.4 Å². The molecule has 40 heavy (non-hydrogen) atoms. The molecule has 200 valence electrons. The number of carbonyl (C=O) groups excluding carboxylic acids is 2. The van der Waals surface area contributed by atoms with E-state index in [2.05, 4.69) is 15.5 Å². The van der Waals surface area contributed by atoms with Gasteiger partial charge in [0, 0.05) is 21.5 Å². The van der Waals surface area contributed by atoms with Crippen LogP contribution in [-0.4, -0.2) is 29.7 Å². The Balaban J connectivity index is 1.36. The van der Waals surface area contributed by atoms with Crippen molar-refractivity contribution >= 4 is 40.6 Å². The summed E-state index contributed by atoms with van der Waals surface area (Å²) in [4.78, 5) is 29.1. The maximum Gasteiger partial charge on any atom is 0.343 e. The number of hydrogen-bond acceptors (Lipinski definition) is 5. The lowest BCUT2D eigenvalue weighted by atomic mass is 10.0. The van der Waals surface area contributed by atoms with E-state index in [-0.39, 0.29) is 0 Å². The van der Waals surface area contributed by atoms with Crippen molar-refractivity contribution in [3.8, 4) is 22.6 Å².